The Hall–Kier alpha value is -3.89. The molecule has 0 saturated heterocycles. The summed E-state index contributed by atoms with van der Waals surface area (Å²) in [6.45, 7) is 0. The van der Waals surface area contributed by atoms with Crippen LogP contribution >= 0.6 is 0 Å². The Balaban J connectivity index is 1.96. The summed E-state index contributed by atoms with van der Waals surface area (Å²) in [6, 6.07) is 9.05. The van der Waals surface area contributed by atoms with Crippen molar-refractivity contribution in [1.29, 1.82) is 0 Å². The molecule has 2 aromatic carbocycles. The molecule has 11 heteroatoms. The Morgan fingerprint density at radius 2 is 1.77 bits per heavy atom. The standard InChI is InChI=1S/C20H15F4N3O4/c21-11-6-7-14(20(22,23)24)13(8-11)15(10-18(29)30)25-19(31)16-9-17(28)27(26-16)12-4-2-1-3-5-12/h1-9,15,28H,10H2,(H,25,31)(H,29,30). The molecule has 0 radical (unpaired) electrons. The first-order valence-electron chi connectivity index (χ1n) is 8.80. The van der Waals surface area contributed by atoms with Gasteiger partial charge in [-0.15, -0.1) is 0 Å². The largest absolute Gasteiger partial charge is 0.493 e. The van der Waals surface area contributed by atoms with Gasteiger partial charge in [0.15, 0.2) is 5.69 Å². The second-order valence-electron chi connectivity index (χ2n) is 6.49. The molecule has 1 heterocycles. The number of halogens is 4. The van der Waals surface area contributed by atoms with Crippen LogP contribution in [0.5, 0.6) is 5.88 Å². The van der Waals surface area contributed by atoms with Crippen LogP contribution in [0.1, 0.15) is 34.1 Å². The number of alkyl halides is 3. The van der Waals surface area contributed by atoms with Crippen molar-refractivity contribution in [3.63, 3.8) is 0 Å². The van der Waals surface area contributed by atoms with Crippen molar-refractivity contribution in [2.24, 2.45) is 0 Å². The van der Waals surface area contributed by atoms with Gasteiger partial charge in [0.1, 0.15) is 5.82 Å². The molecule has 0 saturated carbocycles. The summed E-state index contributed by atoms with van der Waals surface area (Å²) in [6.07, 6.45) is -5.85. The number of nitrogens with zero attached hydrogens (tertiary/aromatic N) is 2. The smallest absolute Gasteiger partial charge is 0.416 e. The van der Waals surface area contributed by atoms with E-state index in [-0.39, 0.29) is 5.69 Å². The molecule has 3 N–H and O–H groups in total. The molecular formula is C20H15F4N3O4. The van der Waals surface area contributed by atoms with Crippen LogP contribution in [0.25, 0.3) is 5.69 Å². The summed E-state index contributed by atoms with van der Waals surface area (Å²) in [5.41, 5.74) is -1.99. The lowest BCUT2D eigenvalue weighted by Gasteiger charge is -2.21. The molecule has 0 aliphatic carbocycles. The number of nitrogens with one attached hydrogen (secondary N) is 1. The number of para-hydroxylation sites is 1. The predicted molar refractivity (Wildman–Crippen MR) is 99.1 cm³/mol. The van der Waals surface area contributed by atoms with Crippen LogP contribution in [0.15, 0.2) is 54.6 Å². The van der Waals surface area contributed by atoms with Crippen LogP contribution in [0.2, 0.25) is 0 Å². The second kappa shape index (κ2) is 8.46. The third-order valence-corrected chi connectivity index (χ3v) is 4.30. The van der Waals surface area contributed by atoms with Gasteiger partial charge in [0, 0.05) is 6.07 Å². The summed E-state index contributed by atoms with van der Waals surface area (Å²) >= 11 is 0. The highest BCUT2D eigenvalue weighted by Gasteiger charge is 2.36. The molecule has 0 aliphatic rings. The molecule has 3 aromatic rings. The number of aromatic hydroxyl groups is 1. The SMILES string of the molecule is O=C(O)CC(NC(=O)c1cc(O)n(-c2ccccc2)n1)c1cc(F)ccc1C(F)(F)F. The Morgan fingerprint density at radius 1 is 1.10 bits per heavy atom. The lowest BCUT2D eigenvalue weighted by Crippen LogP contribution is -2.32. The van der Waals surface area contributed by atoms with Crippen LogP contribution in [0, 0.1) is 5.82 Å². The number of amides is 1. The van der Waals surface area contributed by atoms with Crippen molar-refractivity contribution in [3.8, 4) is 11.6 Å². The van der Waals surface area contributed by atoms with Gasteiger partial charge >= 0.3 is 12.1 Å². The predicted octanol–water partition coefficient (Wildman–Crippen LogP) is 3.68. The van der Waals surface area contributed by atoms with Gasteiger partial charge in [-0.2, -0.15) is 18.3 Å². The number of carbonyl (C=O) groups excluding carboxylic acids is 1. The van der Waals surface area contributed by atoms with Crippen LogP contribution in [0.4, 0.5) is 17.6 Å². The van der Waals surface area contributed by atoms with Gasteiger partial charge < -0.3 is 15.5 Å². The van der Waals surface area contributed by atoms with Gasteiger partial charge in [-0.05, 0) is 35.9 Å². The molecule has 7 nitrogen and oxygen atoms in total. The highest BCUT2D eigenvalue weighted by molar-refractivity contribution is 5.93. The minimum atomic E-state index is -4.91. The van der Waals surface area contributed by atoms with E-state index in [9.17, 15) is 32.3 Å². The maximum Gasteiger partial charge on any atom is 0.416 e. The zero-order valence-corrected chi connectivity index (χ0v) is 15.6. The van der Waals surface area contributed by atoms with Crippen LogP contribution in [0.3, 0.4) is 0 Å². The number of hydrogen-bond donors (Lipinski definition) is 3. The molecule has 1 atom stereocenters. The number of aliphatic carboxylic acids is 1. The normalized spacial score (nSPS) is 12.4. The number of benzene rings is 2. The number of carboxylic acids is 1. The number of rotatable bonds is 6. The summed E-state index contributed by atoms with van der Waals surface area (Å²) < 4.78 is 54.7. The highest BCUT2D eigenvalue weighted by atomic mass is 19.4. The lowest BCUT2D eigenvalue weighted by molar-refractivity contribution is -0.140. The Labute approximate surface area is 172 Å². The Morgan fingerprint density at radius 3 is 2.39 bits per heavy atom. The molecule has 3 rings (SSSR count). The molecular weight excluding hydrogens is 422 g/mol. The topological polar surface area (TPSA) is 104 Å². The fraction of sp³-hybridized carbons (Fsp3) is 0.150. The molecule has 0 fully saturated rings. The van der Waals surface area contributed by atoms with E-state index in [4.69, 9.17) is 5.11 Å². The molecule has 0 spiro atoms. The van der Waals surface area contributed by atoms with Crippen molar-refractivity contribution in [3.05, 3.63) is 77.2 Å². The summed E-state index contributed by atoms with van der Waals surface area (Å²) in [7, 11) is 0. The monoisotopic (exact) mass is 437 g/mol. The van der Waals surface area contributed by atoms with E-state index in [0.717, 1.165) is 10.7 Å². The maximum absolute atomic E-state index is 13.7. The third-order valence-electron chi connectivity index (χ3n) is 4.30. The van der Waals surface area contributed by atoms with Crippen LogP contribution in [-0.4, -0.2) is 31.9 Å². The first-order chi connectivity index (χ1) is 14.6. The summed E-state index contributed by atoms with van der Waals surface area (Å²) in [5.74, 6) is -4.01. The van der Waals surface area contributed by atoms with Crippen LogP contribution < -0.4 is 5.32 Å². The number of carboxylic acid groups (broad SMARTS) is 1. The number of hydrogen-bond acceptors (Lipinski definition) is 4. The van der Waals surface area contributed by atoms with E-state index in [0.29, 0.717) is 23.9 Å². The minimum Gasteiger partial charge on any atom is -0.493 e. The molecule has 1 unspecified atom stereocenters. The highest BCUT2D eigenvalue weighted by Crippen LogP contribution is 2.36. The van der Waals surface area contributed by atoms with Crippen molar-refractivity contribution in [1.82, 2.24) is 15.1 Å². The van der Waals surface area contributed by atoms with Gasteiger partial charge in [0.2, 0.25) is 5.88 Å². The first-order valence-corrected chi connectivity index (χ1v) is 8.80. The fourth-order valence-electron chi connectivity index (χ4n) is 2.97. The molecule has 1 aromatic heterocycles. The quantitative estimate of drug-likeness (QED) is 0.511. The average Bonchev–Trinajstić information content (AvgIpc) is 3.08. The van der Waals surface area contributed by atoms with E-state index in [1.807, 2.05) is 0 Å². The third kappa shape index (κ3) is 5.00. The Kier molecular flexibility index (Phi) is 5.95. The van der Waals surface area contributed by atoms with Gasteiger partial charge in [-0.1, -0.05) is 18.2 Å². The number of carbonyl (C=O) groups is 2. The lowest BCUT2D eigenvalue weighted by atomic mass is 9.97. The molecule has 0 aliphatic heterocycles. The van der Waals surface area contributed by atoms with Gasteiger partial charge in [0.25, 0.3) is 5.91 Å². The Bertz CT molecular complexity index is 1110. The maximum atomic E-state index is 13.7. The second-order valence-corrected chi connectivity index (χ2v) is 6.49. The first kappa shape index (κ1) is 21.8. The van der Waals surface area contributed by atoms with Crippen molar-refractivity contribution >= 4 is 11.9 Å². The number of aromatic nitrogens is 2. The van der Waals surface area contributed by atoms with E-state index in [1.165, 1.54) is 0 Å². The molecule has 31 heavy (non-hydrogen) atoms. The zero-order chi connectivity index (χ0) is 22.8. The summed E-state index contributed by atoms with van der Waals surface area (Å²) in [5, 5.41) is 25.2. The van der Waals surface area contributed by atoms with Gasteiger partial charge in [-0.3, -0.25) is 9.59 Å². The van der Waals surface area contributed by atoms with Gasteiger partial charge in [-0.25, -0.2) is 9.07 Å². The van der Waals surface area contributed by atoms with E-state index in [1.54, 1.807) is 30.3 Å². The molecule has 0 bridgehead atoms. The molecule has 162 valence electrons. The van der Waals surface area contributed by atoms with Crippen molar-refractivity contribution in [2.45, 2.75) is 18.6 Å². The van der Waals surface area contributed by atoms with Crippen LogP contribution in [-0.2, 0) is 11.0 Å². The van der Waals surface area contributed by atoms with E-state index >= 15 is 0 Å². The zero-order valence-electron chi connectivity index (χ0n) is 15.6. The fourth-order valence-corrected chi connectivity index (χ4v) is 2.97. The van der Waals surface area contributed by atoms with Crippen molar-refractivity contribution in [2.75, 3.05) is 0 Å². The average molecular weight is 437 g/mol. The van der Waals surface area contributed by atoms with E-state index < -0.39 is 53.3 Å². The minimum absolute atomic E-state index is 0.373. The van der Waals surface area contributed by atoms with Crippen molar-refractivity contribution < 1.29 is 37.4 Å². The summed E-state index contributed by atoms with van der Waals surface area (Å²) in [4.78, 5) is 23.8. The van der Waals surface area contributed by atoms with E-state index in [2.05, 4.69) is 10.4 Å². The molecule has 1 amide bonds. The van der Waals surface area contributed by atoms with Gasteiger partial charge in [0.05, 0.1) is 23.7 Å².